The average Bonchev–Trinajstić information content (AvgIpc) is 2.39. The summed E-state index contributed by atoms with van der Waals surface area (Å²) in [5, 5.41) is -0.490. The van der Waals surface area contributed by atoms with Crippen LogP contribution in [-0.4, -0.2) is 23.9 Å². The van der Waals surface area contributed by atoms with Gasteiger partial charge in [-0.05, 0) is 35.7 Å². The molecule has 0 N–H and O–H groups in total. The maximum Gasteiger partial charge on any atom is 0.221 e. The van der Waals surface area contributed by atoms with Gasteiger partial charge in [0.15, 0.2) is 5.78 Å². The van der Waals surface area contributed by atoms with Crippen LogP contribution in [0, 0.1) is 0 Å². The Kier molecular flexibility index (Phi) is 6.22. The molecule has 1 aromatic carbocycles. The number of methoxy groups -OCH3 is 1. The van der Waals surface area contributed by atoms with Gasteiger partial charge in [0.05, 0.1) is 7.11 Å². The molecule has 1 rings (SSSR count). The summed E-state index contributed by atoms with van der Waals surface area (Å²) in [6.07, 6.45) is 0.559. The molecule has 0 saturated carbocycles. The summed E-state index contributed by atoms with van der Waals surface area (Å²) < 4.78 is 5.00. The number of ether oxygens (including phenoxy) is 1. The van der Waals surface area contributed by atoms with Crippen molar-refractivity contribution in [2.24, 2.45) is 0 Å². The van der Waals surface area contributed by atoms with Gasteiger partial charge in [-0.2, -0.15) is 0 Å². The Labute approximate surface area is 116 Å². The van der Waals surface area contributed by atoms with Crippen molar-refractivity contribution in [2.75, 3.05) is 7.11 Å². The number of halogens is 1. The van der Waals surface area contributed by atoms with E-state index in [4.69, 9.17) is 16.3 Å². The molecule has 0 spiro atoms. The lowest BCUT2D eigenvalue weighted by molar-refractivity contribution is -0.136. The summed E-state index contributed by atoms with van der Waals surface area (Å²) in [5.74, 6) is -0.218. The Bertz CT molecular complexity index is 465. The first-order valence-corrected chi connectivity index (χ1v) is 6.28. The molecule has 0 aliphatic heterocycles. The minimum Gasteiger partial charge on any atom is -0.497 e. The predicted molar refractivity (Wildman–Crippen MR) is 71.4 cm³/mol. The van der Waals surface area contributed by atoms with Gasteiger partial charge in [0.2, 0.25) is 11.0 Å². The van der Waals surface area contributed by atoms with Crippen LogP contribution in [0.4, 0.5) is 0 Å². The van der Waals surface area contributed by atoms with Crippen LogP contribution >= 0.6 is 11.6 Å². The summed E-state index contributed by atoms with van der Waals surface area (Å²) in [5.41, 5.74) is 0.757. The molecule has 4 nitrogen and oxygen atoms in total. The highest BCUT2D eigenvalue weighted by atomic mass is 35.5. The standard InChI is InChI=1S/C14H15ClO4/c1-19-11-7-5-10(6-8-11)9-13(17)12(16)3-2-4-14(15)18/h5-8H,2-4,9H2,1H3. The van der Waals surface area contributed by atoms with Crippen molar-refractivity contribution in [2.45, 2.75) is 25.7 Å². The minimum absolute atomic E-state index is 0.0629. The SMILES string of the molecule is COc1ccc(CC(=O)C(=O)CCCC(=O)Cl)cc1. The molecular weight excluding hydrogens is 268 g/mol. The molecule has 1 aromatic rings. The van der Waals surface area contributed by atoms with Crippen molar-refractivity contribution >= 4 is 28.4 Å². The van der Waals surface area contributed by atoms with Crippen LogP contribution in [0.5, 0.6) is 5.75 Å². The molecular formula is C14H15ClO4. The third kappa shape index (κ3) is 5.66. The Balaban J connectivity index is 2.44. The molecule has 0 heterocycles. The Morgan fingerprint density at radius 1 is 1.05 bits per heavy atom. The highest BCUT2D eigenvalue weighted by Crippen LogP contribution is 2.12. The van der Waals surface area contributed by atoms with Gasteiger partial charge in [0, 0.05) is 19.3 Å². The molecule has 102 valence electrons. The molecule has 0 fully saturated rings. The van der Waals surface area contributed by atoms with E-state index in [1.54, 1.807) is 31.4 Å². The van der Waals surface area contributed by atoms with Gasteiger partial charge in [-0.3, -0.25) is 14.4 Å². The second kappa shape index (κ2) is 7.69. The van der Waals surface area contributed by atoms with Crippen molar-refractivity contribution < 1.29 is 19.1 Å². The van der Waals surface area contributed by atoms with Gasteiger partial charge < -0.3 is 4.74 Å². The highest BCUT2D eigenvalue weighted by Gasteiger charge is 2.14. The summed E-state index contributed by atoms with van der Waals surface area (Å²) in [7, 11) is 1.56. The largest absolute Gasteiger partial charge is 0.497 e. The molecule has 0 aromatic heterocycles. The van der Waals surface area contributed by atoms with E-state index in [9.17, 15) is 14.4 Å². The van der Waals surface area contributed by atoms with E-state index in [1.165, 1.54) is 0 Å². The number of carbonyl (C=O) groups excluding carboxylic acids is 3. The maximum absolute atomic E-state index is 11.6. The van der Waals surface area contributed by atoms with Gasteiger partial charge in [0.25, 0.3) is 0 Å². The van der Waals surface area contributed by atoms with E-state index in [1.807, 2.05) is 0 Å². The number of hydrogen-bond donors (Lipinski definition) is 0. The van der Waals surface area contributed by atoms with Crippen molar-refractivity contribution in [3.8, 4) is 5.75 Å². The lowest BCUT2D eigenvalue weighted by Crippen LogP contribution is -2.16. The van der Waals surface area contributed by atoms with Crippen molar-refractivity contribution in [3.05, 3.63) is 29.8 Å². The Morgan fingerprint density at radius 3 is 2.21 bits per heavy atom. The molecule has 0 aliphatic rings. The van der Waals surface area contributed by atoms with Crippen LogP contribution in [0.2, 0.25) is 0 Å². The highest BCUT2D eigenvalue weighted by molar-refractivity contribution is 6.63. The summed E-state index contributed by atoms with van der Waals surface area (Å²) in [6.45, 7) is 0. The number of Topliss-reactive ketones (excluding diaryl/α,β-unsaturated/α-hetero) is 2. The Morgan fingerprint density at radius 2 is 1.68 bits per heavy atom. The first-order valence-electron chi connectivity index (χ1n) is 5.90. The lowest BCUT2D eigenvalue weighted by atomic mass is 10.0. The number of hydrogen-bond acceptors (Lipinski definition) is 4. The van der Waals surface area contributed by atoms with Gasteiger partial charge >= 0.3 is 0 Å². The summed E-state index contributed by atoms with van der Waals surface area (Å²) in [4.78, 5) is 33.7. The zero-order valence-electron chi connectivity index (χ0n) is 10.6. The third-order valence-electron chi connectivity index (χ3n) is 2.61. The predicted octanol–water partition coefficient (Wildman–Crippen LogP) is 2.31. The third-order valence-corrected chi connectivity index (χ3v) is 2.80. The first-order chi connectivity index (χ1) is 9.02. The quantitative estimate of drug-likeness (QED) is 0.542. The molecule has 0 aliphatic carbocycles. The molecule has 0 saturated heterocycles. The minimum atomic E-state index is -0.490. The lowest BCUT2D eigenvalue weighted by Gasteiger charge is -2.02. The smallest absolute Gasteiger partial charge is 0.221 e. The van der Waals surface area contributed by atoms with Gasteiger partial charge in [-0.25, -0.2) is 0 Å². The van der Waals surface area contributed by atoms with Crippen LogP contribution in [-0.2, 0) is 20.8 Å². The second-order valence-corrected chi connectivity index (χ2v) is 4.50. The van der Waals surface area contributed by atoms with E-state index in [0.717, 1.165) is 5.56 Å². The molecule has 19 heavy (non-hydrogen) atoms. The fourth-order valence-electron chi connectivity index (χ4n) is 1.55. The molecule has 0 amide bonds. The van der Waals surface area contributed by atoms with Gasteiger partial charge in [0.1, 0.15) is 5.75 Å². The molecule has 5 heteroatoms. The van der Waals surface area contributed by atoms with Crippen LogP contribution in [0.25, 0.3) is 0 Å². The average molecular weight is 283 g/mol. The van der Waals surface area contributed by atoms with E-state index >= 15 is 0 Å². The zero-order valence-corrected chi connectivity index (χ0v) is 11.4. The number of carbonyl (C=O) groups is 3. The molecule has 0 unspecified atom stereocenters. The van der Waals surface area contributed by atoms with Crippen molar-refractivity contribution in [3.63, 3.8) is 0 Å². The van der Waals surface area contributed by atoms with E-state index in [-0.39, 0.29) is 19.3 Å². The van der Waals surface area contributed by atoms with Crippen LogP contribution in [0.15, 0.2) is 24.3 Å². The van der Waals surface area contributed by atoms with Crippen LogP contribution in [0.3, 0.4) is 0 Å². The number of ketones is 2. The van der Waals surface area contributed by atoms with Crippen molar-refractivity contribution in [1.29, 1.82) is 0 Å². The van der Waals surface area contributed by atoms with Crippen LogP contribution < -0.4 is 4.74 Å². The van der Waals surface area contributed by atoms with Crippen LogP contribution in [0.1, 0.15) is 24.8 Å². The topological polar surface area (TPSA) is 60.4 Å². The second-order valence-electron chi connectivity index (χ2n) is 4.08. The van der Waals surface area contributed by atoms with E-state index in [2.05, 4.69) is 0 Å². The molecule has 0 bridgehead atoms. The van der Waals surface area contributed by atoms with Crippen molar-refractivity contribution in [1.82, 2.24) is 0 Å². The van der Waals surface area contributed by atoms with Gasteiger partial charge in [-0.15, -0.1) is 0 Å². The summed E-state index contributed by atoms with van der Waals surface area (Å²) >= 11 is 5.15. The van der Waals surface area contributed by atoms with E-state index < -0.39 is 16.8 Å². The number of rotatable bonds is 8. The molecule has 0 atom stereocenters. The monoisotopic (exact) mass is 282 g/mol. The Hall–Kier alpha value is -1.68. The normalized spacial score (nSPS) is 10.0. The first kappa shape index (κ1) is 15.4. The summed E-state index contributed by atoms with van der Waals surface area (Å²) in [6, 6.07) is 6.96. The maximum atomic E-state index is 11.6. The zero-order chi connectivity index (χ0) is 14.3. The van der Waals surface area contributed by atoms with E-state index in [0.29, 0.717) is 12.2 Å². The molecule has 0 radical (unpaired) electrons. The fraction of sp³-hybridized carbons (Fsp3) is 0.357. The fourth-order valence-corrected chi connectivity index (χ4v) is 1.69. The number of benzene rings is 1. The van der Waals surface area contributed by atoms with Gasteiger partial charge in [-0.1, -0.05) is 12.1 Å².